The van der Waals surface area contributed by atoms with Gasteiger partial charge in [0.25, 0.3) is 5.91 Å². The number of ether oxygens (including phenoxy) is 1. The summed E-state index contributed by atoms with van der Waals surface area (Å²) < 4.78 is 5.80. The first-order valence-corrected chi connectivity index (χ1v) is 10.3. The first kappa shape index (κ1) is 17.8. The molecular formula is C21H31N3O2. The van der Waals surface area contributed by atoms with Crippen molar-refractivity contribution in [1.29, 1.82) is 0 Å². The van der Waals surface area contributed by atoms with Crippen LogP contribution >= 0.6 is 0 Å². The standard InChI is InChI=1S/C21H31N3O2/c1-15-13-23(14-16(2)26-15)20-10-9-18(12-22-20)21(25)24-11-5-8-19(24)17-6-3-4-7-17/h9-10,12,15-17,19H,3-8,11,13-14H2,1-2H3. The van der Waals surface area contributed by atoms with Gasteiger partial charge in [-0.05, 0) is 57.6 Å². The Morgan fingerprint density at radius 3 is 2.46 bits per heavy atom. The molecule has 1 amide bonds. The van der Waals surface area contributed by atoms with Crippen LogP contribution in [0, 0.1) is 5.92 Å². The van der Waals surface area contributed by atoms with Gasteiger partial charge in [-0.1, -0.05) is 12.8 Å². The molecule has 1 aromatic rings. The highest BCUT2D eigenvalue weighted by Crippen LogP contribution is 2.36. The highest BCUT2D eigenvalue weighted by Gasteiger charge is 2.36. The van der Waals surface area contributed by atoms with E-state index in [1.807, 2.05) is 12.1 Å². The second-order valence-corrected chi connectivity index (χ2v) is 8.32. The molecule has 1 aromatic heterocycles. The lowest BCUT2D eigenvalue weighted by atomic mass is 9.95. The van der Waals surface area contributed by atoms with E-state index in [4.69, 9.17) is 4.74 Å². The summed E-state index contributed by atoms with van der Waals surface area (Å²) in [5.41, 5.74) is 0.730. The Morgan fingerprint density at radius 2 is 1.81 bits per heavy atom. The van der Waals surface area contributed by atoms with Gasteiger partial charge in [0, 0.05) is 31.9 Å². The Balaban J connectivity index is 1.45. The summed E-state index contributed by atoms with van der Waals surface area (Å²) in [6.45, 7) is 6.79. The van der Waals surface area contributed by atoms with E-state index >= 15 is 0 Å². The number of likely N-dealkylation sites (tertiary alicyclic amines) is 1. The molecule has 1 aliphatic carbocycles. The summed E-state index contributed by atoms with van der Waals surface area (Å²) in [6, 6.07) is 4.41. The van der Waals surface area contributed by atoms with Gasteiger partial charge in [-0.2, -0.15) is 0 Å². The maximum atomic E-state index is 13.1. The molecular weight excluding hydrogens is 326 g/mol. The largest absolute Gasteiger partial charge is 0.372 e. The molecule has 0 N–H and O–H groups in total. The molecule has 3 fully saturated rings. The van der Waals surface area contributed by atoms with Crippen LogP contribution in [0.3, 0.4) is 0 Å². The molecule has 5 nitrogen and oxygen atoms in total. The maximum absolute atomic E-state index is 13.1. The smallest absolute Gasteiger partial charge is 0.255 e. The van der Waals surface area contributed by atoms with E-state index in [1.54, 1.807) is 6.20 Å². The minimum atomic E-state index is 0.169. The zero-order valence-electron chi connectivity index (χ0n) is 16.1. The predicted molar refractivity (Wildman–Crippen MR) is 102 cm³/mol. The summed E-state index contributed by atoms with van der Waals surface area (Å²) in [6.07, 6.45) is 9.74. The second-order valence-electron chi connectivity index (χ2n) is 8.32. The number of pyridine rings is 1. The highest BCUT2D eigenvalue weighted by atomic mass is 16.5. The molecule has 3 heterocycles. The van der Waals surface area contributed by atoms with E-state index in [0.717, 1.165) is 37.4 Å². The van der Waals surface area contributed by atoms with Crippen LogP contribution in [-0.2, 0) is 4.74 Å². The van der Waals surface area contributed by atoms with Crippen molar-refractivity contribution in [3.05, 3.63) is 23.9 Å². The molecule has 4 rings (SSSR count). The van der Waals surface area contributed by atoms with Crippen LogP contribution in [0.4, 0.5) is 5.82 Å². The number of amides is 1. The fourth-order valence-corrected chi connectivity index (χ4v) is 5.11. The minimum Gasteiger partial charge on any atom is -0.372 e. The Labute approximate surface area is 156 Å². The molecule has 0 spiro atoms. The lowest BCUT2D eigenvalue weighted by molar-refractivity contribution is -0.00546. The molecule has 1 saturated carbocycles. The van der Waals surface area contributed by atoms with Crippen LogP contribution in [0.15, 0.2) is 18.3 Å². The third kappa shape index (κ3) is 3.59. The third-order valence-electron chi connectivity index (χ3n) is 6.24. The van der Waals surface area contributed by atoms with Gasteiger partial charge in [-0.3, -0.25) is 4.79 Å². The van der Waals surface area contributed by atoms with Crippen LogP contribution < -0.4 is 4.90 Å². The van der Waals surface area contributed by atoms with Gasteiger partial charge in [0.2, 0.25) is 0 Å². The SMILES string of the molecule is CC1CN(c2ccc(C(=O)N3CCCC3C3CCCC3)cn2)CC(C)O1. The van der Waals surface area contributed by atoms with Gasteiger partial charge in [0.05, 0.1) is 17.8 Å². The molecule has 26 heavy (non-hydrogen) atoms. The average molecular weight is 357 g/mol. The van der Waals surface area contributed by atoms with Crippen LogP contribution in [-0.4, -0.2) is 53.7 Å². The Bertz CT molecular complexity index is 617. The summed E-state index contributed by atoms with van der Waals surface area (Å²) in [7, 11) is 0. The predicted octanol–water partition coefficient (Wildman–Crippen LogP) is 3.49. The summed E-state index contributed by atoms with van der Waals surface area (Å²) >= 11 is 0. The number of hydrogen-bond donors (Lipinski definition) is 0. The molecule has 2 saturated heterocycles. The van der Waals surface area contributed by atoms with Gasteiger partial charge >= 0.3 is 0 Å². The molecule has 0 aromatic carbocycles. The Hall–Kier alpha value is -1.62. The molecule has 142 valence electrons. The second kappa shape index (κ2) is 7.55. The fraction of sp³-hybridized carbons (Fsp3) is 0.714. The van der Waals surface area contributed by atoms with E-state index < -0.39 is 0 Å². The zero-order valence-corrected chi connectivity index (χ0v) is 16.1. The van der Waals surface area contributed by atoms with E-state index in [-0.39, 0.29) is 18.1 Å². The van der Waals surface area contributed by atoms with Crippen molar-refractivity contribution >= 4 is 11.7 Å². The Morgan fingerprint density at radius 1 is 1.08 bits per heavy atom. The third-order valence-corrected chi connectivity index (χ3v) is 6.24. The van der Waals surface area contributed by atoms with E-state index in [9.17, 15) is 4.79 Å². The van der Waals surface area contributed by atoms with Gasteiger partial charge < -0.3 is 14.5 Å². The molecule has 3 aliphatic rings. The molecule has 3 unspecified atom stereocenters. The normalized spacial score (nSPS) is 30.2. The van der Waals surface area contributed by atoms with Crippen LogP contribution in [0.5, 0.6) is 0 Å². The van der Waals surface area contributed by atoms with Gasteiger partial charge in [-0.25, -0.2) is 4.98 Å². The van der Waals surface area contributed by atoms with Crippen molar-refractivity contribution < 1.29 is 9.53 Å². The first-order chi connectivity index (χ1) is 12.6. The quantitative estimate of drug-likeness (QED) is 0.831. The lowest BCUT2D eigenvalue weighted by Gasteiger charge is -2.36. The van der Waals surface area contributed by atoms with Crippen molar-refractivity contribution in [1.82, 2.24) is 9.88 Å². The first-order valence-electron chi connectivity index (χ1n) is 10.3. The number of hydrogen-bond acceptors (Lipinski definition) is 4. The molecule has 3 atom stereocenters. The monoisotopic (exact) mass is 357 g/mol. The zero-order chi connectivity index (χ0) is 18.1. The average Bonchev–Trinajstić information content (AvgIpc) is 3.31. The summed E-state index contributed by atoms with van der Waals surface area (Å²) in [5.74, 6) is 1.82. The molecule has 0 bridgehead atoms. The minimum absolute atomic E-state index is 0.169. The number of nitrogens with zero attached hydrogens (tertiary/aromatic N) is 3. The van der Waals surface area contributed by atoms with Crippen LogP contribution in [0.2, 0.25) is 0 Å². The highest BCUT2D eigenvalue weighted by molar-refractivity contribution is 5.94. The van der Waals surface area contributed by atoms with E-state index in [2.05, 4.69) is 28.6 Å². The molecule has 5 heteroatoms. The van der Waals surface area contributed by atoms with Gasteiger partial charge in [-0.15, -0.1) is 0 Å². The van der Waals surface area contributed by atoms with Crippen molar-refractivity contribution in [3.63, 3.8) is 0 Å². The summed E-state index contributed by atoms with van der Waals surface area (Å²) in [4.78, 5) is 22.1. The number of carbonyl (C=O) groups is 1. The number of anilines is 1. The molecule has 0 radical (unpaired) electrons. The number of morpholine rings is 1. The van der Waals surface area contributed by atoms with E-state index in [0.29, 0.717) is 12.0 Å². The van der Waals surface area contributed by atoms with E-state index in [1.165, 1.54) is 32.1 Å². The Kier molecular flexibility index (Phi) is 5.16. The number of carbonyl (C=O) groups excluding carboxylic acids is 1. The number of aromatic nitrogens is 1. The van der Waals surface area contributed by atoms with Crippen LogP contribution in [0.1, 0.15) is 62.7 Å². The van der Waals surface area contributed by atoms with Gasteiger partial charge in [0.15, 0.2) is 0 Å². The van der Waals surface area contributed by atoms with Crippen molar-refractivity contribution in [2.75, 3.05) is 24.5 Å². The maximum Gasteiger partial charge on any atom is 0.255 e. The lowest BCUT2D eigenvalue weighted by Crippen LogP contribution is -2.45. The van der Waals surface area contributed by atoms with Crippen molar-refractivity contribution in [2.24, 2.45) is 5.92 Å². The topological polar surface area (TPSA) is 45.7 Å². The fourth-order valence-electron chi connectivity index (χ4n) is 5.11. The van der Waals surface area contributed by atoms with Crippen molar-refractivity contribution in [2.45, 2.75) is 70.6 Å². The summed E-state index contributed by atoms with van der Waals surface area (Å²) in [5, 5.41) is 0. The number of rotatable bonds is 3. The van der Waals surface area contributed by atoms with Crippen molar-refractivity contribution in [3.8, 4) is 0 Å². The van der Waals surface area contributed by atoms with Gasteiger partial charge in [0.1, 0.15) is 5.82 Å². The van der Waals surface area contributed by atoms with Crippen LogP contribution in [0.25, 0.3) is 0 Å². The molecule has 2 aliphatic heterocycles.